The van der Waals surface area contributed by atoms with Gasteiger partial charge in [-0.3, -0.25) is 5.32 Å². The Hall–Kier alpha value is -1.76. The topological polar surface area (TPSA) is 54.5 Å². The Kier molecular flexibility index (Phi) is 1.70. The van der Waals surface area contributed by atoms with Gasteiger partial charge < -0.3 is 20.1 Å². The first kappa shape index (κ1) is 9.46. The van der Waals surface area contributed by atoms with Crippen LogP contribution in [-0.4, -0.2) is 19.6 Å². The van der Waals surface area contributed by atoms with Crippen LogP contribution in [0.25, 0.3) is 0 Å². The van der Waals surface area contributed by atoms with Crippen molar-refractivity contribution in [2.75, 3.05) is 17.7 Å². The molecule has 2 aliphatic rings. The van der Waals surface area contributed by atoms with Crippen LogP contribution in [0.3, 0.4) is 0 Å². The molecule has 16 heavy (non-hydrogen) atoms. The third-order valence-corrected chi connectivity index (χ3v) is 2.43. The van der Waals surface area contributed by atoms with E-state index in [-0.39, 0.29) is 17.8 Å². The van der Waals surface area contributed by atoms with E-state index in [2.05, 4.69) is 25.4 Å². The van der Waals surface area contributed by atoms with Crippen LogP contribution in [0.2, 0.25) is 0 Å². The molecule has 0 bridgehead atoms. The average Bonchev–Trinajstić information content (AvgIpc) is 2.70. The quantitative estimate of drug-likeness (QED) is 0.678. The normalized spacial score (nSPS) is 20.2. The zero-order chi connectivity index (χ0) is 11.3. The lowest BCUT2D eigenvalue weighted by Gasteiger charge is -2.09. The molecular formula is C9H9F2N3O2. The summed E-state index contributed by atoms with van der Waals surface area (Å²) in [6, 6.07) is 2.96. The monoisotopic (exact) mass is 229 g/mol. The molecule has 0 radical (unpaired) electrons. The largest absolute Gasteiger partial charge is 0.586 e. The van der Waals surface area contributed by atoms with Crippen molar-refractivity contribution in [3.8, 4) is 11.5 Å². The number of hydrogen-bond donors (Lipinski definition) is 3. The molecule has 0 saturated carbocycles. The molecule has 0 saturated heterocycles. The summed E-state index contributed by atoms with van der Waals surface area (Å²) in [5.74, 6) is 0.0737. The van der Waals surface area contributed by atoms with Crippen LogP contribution >= 0.6 is 0 Å². The van der Waals surface area contributed by atoms with Gasteiger partial charge in [0.1, 0.15) is 0 Å². The van der Waals surface area contributed by atoms with Gasteiger partial charge in [-0.1, -0.05) is 0 Å². The molecule has 0 aliphatic carbocycles. The second kappa shape index (κ2) is 2.88. The molecular weight excluding hydrogens is 220 g/mol. The van der Waals surface area contributed by atoms with E-state index >= 15 is 0 Å². The zero-order valence-electron chi connectivity index (χ0n) is 8.30. The van der Waals surface area contributed by atoms with Gasteiger partial charge in [-0.25, -0.2) is 0 Å². The number of benzene rings is 1. The first-order valence-corrected chi connectivity index (χ1v) is 4.72. The van der Waals surface area contributed by atoms with Crippen LogP contribution in [0.4, 0.5) is 20.2 Å². The molecule has 2 heterocycles. The minimum Gasteiger partial charge on any atom is -0.395 e. The van der Waals surface area contributed by atoms with E-state index in [4.69, 9.17) is 0 Å². The molecule has 0 spiro atoms. The van der Waals surface area contributed by atoms with E-state index in [1.165, 1.54) is 12.1 Å². The highest BCUT2D eigenvalue weighted by Gasteiger charge is 2.44. The predicted molar refractivity (Wildman–Crippen MR) is 52.7 cm³/mol. The molecule has 0 unspecified atom stereocenters. The Balaban J connectivity index is 1.96. The molecule has 3 rings (SSSR count). The number of anilines is 2. The summed E-state index contributed by atoms with van der Waals surface area (Å²) < 4.78 is 34.2. The van der Waals surface area contributed by atoms with Crippen molar-refractivity contribution in [3.05, 3.63) is 12.1 Å². The SMILES string of the molecule is CNC1Nc2cc3c(cc2N1)OC(F)(F)O3. The molecule has 3 N–H and O–H groups in total. The maximum Gasteiger partial charge on any atom is 0.586 e. The number of nitrogens with one attached hydrogen (secondary N) is 3. The first-order chi connectivity index (χ1) is 7.57. The van der Waals surface area contributed by atoms with Crippen LogP contribution in [0.15, 0.2) is 12.1 Å². The van der Waals surface area contributed by atoms with Gasteiger partial charge in [-0.2, -0.15) is 0 Å². The van der Waals surface area contributed by atoms with Crippen molar-refractivity contribution in [1.29, 1.82) is 0 Å². The molecule has 1 aromatic carbocycles. The molecule has 0 atom stereocenters. The third-order valence-electron chi connectivity index (χ3n) is 2.43. The van der Waals surface area contributed by atoms with Gasteiger partial charge >= 0.3 is 6.29 Å². The zero-order valence-corrected chi connectivity index (χ0v) is 8.30. The Bertz CT molecular complexity index is 416. The van der Waals surface area contributed by atoms with Gasteiger partial charge in [-0.15, -0.1) is 8.78 Å². The van der Waals surface area contributed by atoms with Crippen molar-refractivity contribution >= 4 is 11.4 Å². The second-order valence-corrected chi connectivity index (χ2v) is 3.52. The van der Waals surface area contributed by atoms with Crippen LogP contribution in [0.5, 0.6) is 11.5 Å². The van der Waals surface area contributed by atoms with Gasteiger partial charge in [0, 0.05) is 12.1 Å². The van der Waals surface area contributed by atoms with E-state index in [0.29, 0.717) is 11.4 Å². The van der Waals surface area contributed by atoms with E-state index in [0.717, 1.165) is 0 Å². The average molecular weight is 229 g/mol. The number of ether oxygens (including phenoxy) is 2. The van der Waals surface area contributed by atoms with Crippen molar-refractivity contribution in [2.24, 2.45) is 0 Å². The van der Waals surface area contributed by atoms with Gasteiger partial charge in [0.05, 0.1) is 11.4 Å². The van der Waals surface area contributed by atoms with Gasteiger partial charge in [0.15, 0.2) is 17.8 Å². The Morgan fingerprint density at radius 1 is 1.19 bits per heavy atom. The summed E-state index contributed by atoms with van der Waals surface area (Å²) in [5, 5.41) is 9.03. The number of alkyl halides is 2. The standard InChI is InChI=1S/C9H9F2N3O2/c1-12-8-13-4-2-6-7(3-5(4)14-8)16-9(10,11)15-6/h2-3,8,12-14H,1H3. The second-order valence-electron chi connectivity index (χ2n) is 3.52. The summed E-state index contributed by atoms with van der Waals surface area (Å²) in [6.45, 7) is 0. The highest BCUT2D eigenvalue weighted by Crippen LogP contribution is 2.46. The molecule has 2 aliphatic heterocycles. The fourth-order valence-electron chi connectivity index (χ4n) is 1.73. The fraction of sp³-hybridized carbons (Fsp3) is 0.333. The number of halogens is 2. The molecule has 7 heteroatoms. The fourth-order valence-corrected chi connectivity index (χ4v) is 1.73. The Labute approximate surface area is 89.7 Å². The maximum atomic E-state index is 12.8. The summed E-state index contributed by atoms with van der Waals surface area (Å²) in [6.07, 6.45) is -3.70. The summed E-state index contributed by atoms with van der Waals surface area (Å²) >= 11 is 0. The van der Waals surface area contributed by atoms with Gasteiger partial charge in [-0.05, 0) is 7.05 Å². The van der Waals surface area contributed by atoms with Crippen LogP contribution < -0.4 is 25.4 Å². The van der Waals surface area contributed by atoms with E-state index in [1.807, 2.05) is 0 Å². The summed E-state index contributed by atoms with van der Waals surface area (Å²) in [5.41, 5.74) is 1.39. The summed E-state index contributed by atoms with van der Waals surface area (Å²) in [7, 11) is 1.77. The lowest BCUT2D eigenvalue weighted by molar-refractivity contribution is -0.286. The number of rotatable bonds is 1. The minimum absolute atomic E-state index is 0.0369. The maximum absolute atomic E-state index is 12.8. The summed E-state index contributed by atoms with van der Waals surface area (Å²) in [4.78, 5) is 0. The minimum atomic E-state index is -3.57. The molecule has 0 amide bonds. The third kappa shape index (κ3) is 1.32. The van der Waals surface area contributed by atoms with E-state index in [9.17, 15) is 8.78 Å². The smallest absolute Gasteiger partial charge is 0.395 e. The molecule has 0 aromatic heterocycles. The van der Waals surface area contributed by atoms with Crippen molar-refractivity contribution in [3.63, 3.8) is 0 Å². The molecule has 1 aromatic rings. The highest BCUT2D eigenvalue weighted by atomic mass is 19.3. The predicted octanol–water partition coefficient (Wildman–Crippen LogP) is 1.35. The molecule has 0 fully saturated rings. The lowest BCUT2D eigenvalue weighted by Crippen LogP contribution is -2.35. The van der Waals surface area contributed by atoms with Crippen molar-refractivity contribution in [2.45, 2.75) is 12.6 Å². The molecule has 86 valence electrons. The van der Waals surface area contributed by atoms with E-state index in [1.54, 1.807) is 7.05 Å². The van der Waals surface area contributed by atoms with Crippen molar-refractivity contribution < 1.29 is 18.3 Å². The lowest BCUT2D eigenvalue weighted by atomic mass is 10.2. The van der Waals surface area contributed by atoms with Crippen molar-refractivity contribution in [1.82, 2.24) is 5.32 Å². The van der Waals surface area contributed by atoms with Crippen LogP contribution in [0, 0.1) is 0 Å². The van der Waals surface area contributed by atoms with E-state index < -0.39 is 6.29 Å². The van der Waals surface area contributed by atoms with Gasteiger partial charge in [0.2, 0.25) is 0 Å². The molecule has 5 nitrogen and oxygen atoms in total. The highest BCUT2D eigenvalue weighted by molar-refractivity contribution is 5.78. The van der Waals surface area contributed by atoms with Gasteiger partial charge in [0.25, 0.3) is 0 Å². The number of hydrogen-bond acceptors (Lipinski definition) is 5. The Morgan fingerprint density at radius 2 is 1.69 bits per heavy atom. The Morgan fingerprint density at radius 3 is 2.12 bits per heavy atom. The number of fused-ring (bicyclic) bond motifs is 2. The van der Waals surface area contributed by atoms with Crippen LogP contribution in [-0.2, 0) is 0 Å². The van der Waals surface area contributed by atoms with Crippen LogP contribution in [0.1, 0.15) is 0 Å². The first-order valence-electron chi connectivity index (χ1n) is 4.72.